The number of unbranched alkanes of at least 4 members (excludes halogenated alkanes) is 1. The number of rotatable bonds is 10. The van der Waals surface area contributed by atoms with Crippen LogP contribution < -0.4 is 10.1 Å². The monoisotopic (exact) mass is 295 g/mol. The number of carbonyl (C=O) groups is 1. The number of benzene rings is 1. The summed E-state index contributed by atoms with van der Waals surface area (Å²) in [6.07, 6.45) is 1.68. The molecule has 1 aromatic rings. The van der Waals surface area contributed by atoms with Gasteiger partial charge in [0.1, 0.15) is 5.75 Å². The second-order valence-electron chi connectivity index (χ2n) is 4.92. The van der Waals surface area contributed by atoms with E-state index in [0.29, 0.717) is 13.0 Å². The third-order valence-corrected chi connectivity index (χ3v) is 3.03. The molecular weight excluding hydrogens is 270 g/mol. The van der Waals surface area contributed by atoms with Crippen molar-refractivity contribution in [3.8, 4) is 5.75 Å². The summed E-state index contributed by atoms with van der Waals surface area (Å²) in [5.41, 5.74) is 1.01. The van der Waals surface area contributed by atoms with Crippen LogP contribution in [0.3, 0.4) is 0 Å². The molecule has 0 aliphatic rings. The molecule has 0 aromatic heterocycles. The average Bonchev–Trinajstić information content (AvgIpc) is 2.51. The number of nitrogens with one attached hydrogen (secondary N) is 1. The lowest BCUT2D eigenvalue weighted by atomic mass is 10.2. The maximum atomic E-state index is 11.4. The molecule has 1 atom stereocenters. The number of hydrogen-bond acceptors (Lipinski definition) is 4. The Bertz CT molecular complexity index is 405. The van der Waals surface area contributed by atoms with E-state index >= 15 is 0 Å². The molecule has 1 aromatic carbocycles. The molecule has 118 valence electrons. The van der Waals surface area contributed by atoms with Gasteiger partial charge in [0.25, 0.3) is 0 Å². The van der Waals surface area contributed by atoms with Crippen molar-refractivity contribution in [1.82, 2.24) is 5.32 Å². The lowest BCUT2D eigenvalue weighted by Gasteiger charge is -2.12. The normalized spacial score (nSPS) is 12.0. The Morgan fingerprint density at radius 3 is 2.67 bits per heavy atom. The van der Waals surface area contributed by atoms with Crippen LogP contribution in [-0.4, -0.2) is 37.4 Å². The molecular formula is C16H25NO4. The molecule has 0 saturated heterocycles. The fourth-order valence-corrected chi connectivity index (χ4v) is 1.75. The van der Waals surface area contributed by atoms with E-state index < -0.39 is 6.10 Å². The number of methoxy groups -OCH3 is 1. The summed E-state index contributed by atoms with van der Waals surface area (Å²) >= 11 is 0. The summed E-state index contributed by atoms with van der Waals surface area (Å²) < 4.78 is 10.5. The third kappa shape index (κ3) is 7.68. The first-order chi connectivity index (χ1) is 10.2. The van der Waals surface area contributed by atoms with Crippen molar-refractivity contribution in [2.24, 2.45) is 0 Å². The molecule has 0 fully saturated rings. The average molecular weight is 295 g/mol. The van der Waals surface area contributed by atoms with Crippen LogP contribution in [0.15, 0.2) is 24.3 Å². The van der Waals surface area contributed by atoms with Crippen LogP contribution in [0, 0.1) is 0 Å². The highest BCUT2D eigenvalue weighted by Crippen LogP contribution is 2.11. The van der Waals surface area contributed by atoms with Gasteiger partial charge in [-0.25, -0.2) is 0 Å². The van der Waals surface area contributed by atoms with Crippen molar-refractivity contribution in [2.45, 2.75) is 38.9 Å². The molecule has 0 saturated carbocycles. The minimum atomic E-state index is -0.686. The Labute approximate surface area is 126 Å². The second-order valence-corrected chi connectivity index (χ2v) is 4.92. The van der Waals surface area contributed by atoms with Crippen LogP contribution in [0.5, 0.6) is 5.75 Å². The molecule has 1 rings (SSSR count). The van der Waals surface area contributed by atoms with Gasteiger partial charge in [-0.15, -0.1) is 0 Å². The highest BCUT2D eigenvalue weighted by molar-refractivity contribution is 5.75. The van der Waals surface area contributed by atoms with Crippen LogP contribution in [0.4, 0.5) is 0 Å². The molecule has 5 heteroatoms. The second kappa shape index (κ2) is 10.2. The lowest BCUT2D eigenvalue weighted by Crippen LogP contribution is -2.34. The molecule has 0 radical (unpaired) electrons. The summed E-state index contributed by atoms with van der Waals surface area (Å²) in [7, 11) is 1.62. The Morgan fingerprint density at radius 1 is 1.33 bits per heavy atom. The fourth-order valence-electron chi connectivity index (χ4n) is 1.75. The summed E-state index contributed by atoms with van der Waals surface area (Å²) in [4.78, 5) is 11.4. The summed E-state index contributed by atoms with van der Waals surface area (Å²) in [6.45, 7) is 2.88. The number of aliphatic hydroxyl groups excluding tert-OH is 1. The molecule has 0 aliphatic carbocycles. The molecule has 0 aliphatic heterocycles. The molecule has 0 unspecified atom stereocenters. The van der Waals surface area contributed by atoms with E-state index in [9.17, 15) is 9.90 Å². The number of aliphatic hydroxyl groups is 1. The van der Waals surface area contributed by atoms with E-state index in [0.717, 1.165) is 24.2 Å². The maximum Gasteiger partial charge on any atom is 0.220 e. The van der Waals surface area contributed by atoms with Crippen LogP contribution in [0.1, 0.15) is 31.7 Å². The van der Waals surface area contributed by atoms with Gasteiger partial charge in [-0.1, -0.05) is 25.5 Å². The van der Waals surface area contributed by atoms with Crippen LogP contribution in [0.25, 0.3) is 0 Å². The Morgan fingerprint density at radius 2 is 2.05 bits per heavy atom. The molecule has 5 nitrogen and oxygen atoms in total. The fraction of sp³-hybridized carbons (Fsp3) is 0.562. The number of hydrogen-bond donors (Lipinski definition) is 2. The van der Waals surface area contributed by atoms with E-state index in [1.807, 2.05) is 31.2 Å². The van der Waals surface area contributed by atoms with E-state index in [1.54, 1.807) is 7.11 Å². The zero-order valence-electron chi connectivity index (χ0n) is 12.8. The summed E-state index contributed by atoms with van der Waals surface area (Å²) in [5, 5.41) is 12.4. The number of carbonyl (C=O) groups excluding carboxylic acids is 1. The van der Waals surface area contributed by atoms with Gasteiger partial charge in [-0.3, -0.25) is 4.79 Å². The van der Waals surface area contributed by atoms with Gasteiger partial charge in [0, 0.05) is 13.0 Å². The predicted octanol–water partition coefficient (Wildman–Crippen LogP) is 1.88. The minimum absolute atomic E-state index is 0.0222. The van der Waals surface area contributed by atoms with Crippen LogP contribution in [0.2, 0.25) is 0 Å². The van der Waals surface area contributed by atoms with Gasteiger partial charge < -0.3 is 19.9 Å². The van der Waals surface area contributed by atoms with Crippen molar-refractivity contribution in [2.75, 3.05) is 20.3 Å². The van der Waals surface area contributed by atoms with Crippen molar-refractivity contribution < 1.29 is 19.4 Å². The van der Waals surface area contributed by atoms with Crippen molar-refractivity contribution >= 4 is 5.91 Å². The molecule has 0 spiro atoms. The number of amides is 1. The first-order valence-corrected chi connectivity index (χ1v) is 7.31. The van der Waals surface area contributed by atoms with Crippen molar-refractivity contribution in [3.63, 3.8) is 0 Å². The molecule has 0 heterocycles. The highest BCUT2D eigenvalue weighted by atomic mass is 16.5. The largest absolute Gasteiger partial charge is 0.497 e. The van der Waals surface area contributed by atoms with E-state index in [2.05, 4.69) is 5.32 Å². The van der Waals surface area contributed by atoms with Crippen LogP contribution in [-0.2, 0) is 16.1 Å². The molecule has 1 amide bonds. The quantitative estimate of drug-likeness (QED) is 0.691. The SMILES string of the molecule is CCCCC(=O)NC[C@@H](O)COCc1ccc(OC)cc1. The number of ether oxygens (including phenoxy) is 2. The Hall–Kier alpha value is -1.59. The van der Waals surface area contributed by atoms with Gasteiger partial charge in [0.05, 0.1) is 26.4 Å². The smallest absolute Gasteiger partial charge is 0.220 e. The van der Waals surface area contributed by atoms with Gasteiger partial charge in [0.2, 0.25) is 5.91 Å². The standard InChI is InChI=1S/C16H25NO4/c1-3-4-5-16(19)17-10-14(18)12-21-11-13-6-8-15(20-2)9-7-13/h6-9,14,18H,3-5,10-12H2,1-2H3,(H,17,19)/t14-/m1/s1. The first kappa shape index (κ1) is 17.5. The van der Waals surface area contributed by atoms with E-state index in [1.165, 1.54) is 0 Å². The lowest BCUT2D eigenvalue weighted by molar-refractivity contribution is -0.121. The molecule has 21 heavy (non-hydrogen) atoms. The predicted molar refractivity (Wildman–Crippen MR) is 81.2 cm³/mol. The topological polar surface area (TPSA) is 67.8 Å². The van der Waals surface area contributed by atoms with Gasteiger partial charge in [-0.05, 0) is 24.1 Å². The summed E-state index contributed by atoms with van der Waals surface area (Å²) in [5.74, 6) is 0.777. The van der Waals surface area contributed by atoms with E-state index in [4.69, 9.17) is 9.47 Å². The van der Waals surface area contributed by atoms with Gasteiger partial charge >= 0.3 is 0 Å². The summed E-state index contributed by atoms with van der Waals surface area (Å²) in [6, 6.07) is 7.56. The van der Waals surface area contributed by atoms with E-state index in [-0.39, 0.29) is 19.1 Å². The zero-order valence-corrected chi connectivity index (χ0v) is 12.8. The van der Waals surface area contributed by atoms with Crippen molar-refractivity contribution in [3.05, 3.63) is 29.8 Å². The minimum Gasteiger partial charge on any atom is -0.497 e. The maximum absolute atomic E-state index is 11.4. The first-order valence-electron chi connectivity index (χ1n) is 7.31. The molecule has 0 bridgehead atoms. The highest BCUT2D eigenvalue weighted by Gasteiger charge is 2.07. The van der Waals surface area contributed by atoms with Crippen LogP contribution >= 0.6 is 0 Å². The Kier molecular flexibility index (Phi) is 8.47. The van der Waals surface area contributed by atoms with Gasteiger partial charge in [-0.2, -0.15) is 0 Å². The molecule has 2 N–H and O–H groups in total. The van der Waals surface area contributed by atoms with Gasteiger partial charge in [0.15, 0.2) is 0 Å². The zero-order chi connectivity index (χ0) is 15.5. The Balaban J connectivity index is 2.14. The van der Waals surface area contributed by atoms with Crippen molar-refractivity contribution in [1.29, 1.82) is 0 Å². The third-order valence-electron chi connectivity index (χ3n) is 3.03.